The second-order valence-electron chi connectivity index (χ2n) is 7.73. The number of halogens is 3. The van der Waals surface area contributed by atoms with E-state index in [0.29, 0.717) is 26.6 Å². The van der Waals surface area contributed by atoms with Gasteiger partial charge in [0.1, 0.15) is 5.75 Å². The fraction of sp³-hybridized carbons (Fsp3) is 0.0800. The molecule has 0 aliphatic rings. The number of ether oxygens (including phenoxy) is 1. The molecule has 0 atom stereocenters. The minimum Gasteiger partial charge on any atom is -0.484 e. The first-order valence-electron chi connectivity index (χ1n) is 10.8. The number of amides is 1. The van der Waals surface area contributed by atoms with Crippen molar-refractivity contribution in [1.29, 1.82) is 0 Å². The van der Waals surface area contributed by atoms with Crippen LogP contribution in [0.5, 0.6) is 5.75 Å². The zero-order valence-corrected chi connectivity index (χ0v) is 19.6. The number of pyridine rings is 1. The summed E-state index contributed by atoms with van der Waals surface area (Å²) in [5.74, 6) is 0.0389. The van der Waals surface area contributed by atoms with Gasteiger partial charge in [-0.05, 0) is 48.0 Å². The van der Waals surface area contributed by atoms with Crippen molar-refractivity contribution in [3.05, 3.63) is 99.1 Å². The molecule has 0 radical (unpaired) electrons. The molecular weight excluding hydrogens is 507 g/mol. The summed E-state index contributed by atoms with van der Waals surface area (Å²) in [7, 11) is 0. The number of carbonyl (C=O) groups is 1. The molecule has 0 aliphatic heterocycles. The molecule has 3 heterocycles. The maximum atomic E-state index is 13.1. The lowest BCUT2D eigenvalue weighted by atomic mass is 10.1. The highest BCUT2D eigenvalue weighted by molar-refractivity contribution is 7.15. The van der Waals surface area contributed by atoms with Crippen LogP contribution in [0.2, 0.25) is 0 Å². The van der Waals surface area contributed by atoms with Gasteiger partial charge in [0.25, 0.3) is 11.5 Å². The number of rotatable bonds is 6. The fourth-order valence-corrected chi connectivity index (χ4v) is 4.35. The smallest absolute Gasteiger partial charge is 0.418 e. The number of hydrogen-bond donors (Lipinski definition) is 1. The fourth-order valence-electron chi connectivity index (χ4n) is 3.44. The number of hydrogen-bond acceptors (Lipinski definition) is 7. The monoisotopic (exact) mass is 523 g/mol. The van der Waals surface area contributed by atoms with Gasteiger partial charge in [-0.1, -0.05) is 35.6 Å². The highest BCUT2D eigenvalue weighted by Crippen LogP contribution is 2.34. The molecule has 2 aromatic carbocycles. The highest BCUT2D eigenvalue weighted by atomic mass is 32.1. The molecule has 1 amide bonds. The average molecular weight is 523 g/mol. The number of anilines is 1. The molecule has 0 fully saturated rings. The third-order valence-corrected chi connectivity index (χ3v) is 6.13. The van der Waals surface area contributed by atoms with Gasteiger partial charge >= 0.3 is 6.18 Å². The Hall–Kier alpha value is -4.58. The van der Waals surface area contributed by atoms with E-state index in [1.165, 1.54) is 34.1 Å². The minimum absolute atomic E-state index is 0.302. The predicted molar refractivity (Wildman–Crippen MR) is 131 cm³/mol. The molecule has 5 rings (SSSR count). The Morgan fingerprint density at radius 3 is 2.49 bits per heavy atom. The number of nitrogens with one attached hydrogen (secondary N) is 1. The normalized spacial score (nSPS) is 12.1. The first-order chi connectivity index (χ1) is 17.8. The van der Waals surface area contributed by atoms with Crippen LogP contribution in [0.25, 0.3) is 22.4 Å². The molecule has 0 bridgehead atoms. The summed E-state index contributed by atoms with van der Waals surface area (Å²) < 4.78 is 46.3. The van der Waals surface area contributed by atoms with Crippen molar-refractivity contribution in [2.24, 2.45) is 0 Å². The quantitative estimate of drug-likeness (QED) is 0.364. The third kappa shape index (κ3) is 5.33. The van der Waals surface area contributed by atoms with E-state index >= 15 is 0 Å². The topological polar surface area (TPSA) is 98.5 Å². The zero-order chi connectivity index (χ0) is 26.0. The van der Waals surface area contributed by atoms with Crippen molar-refractivity contribution in [3.63, 3.8) is 0 Å². The van der Waals surface area contributed by atoms with Crippen molar-refractivity contribution in [2.75, 3.05) is 11.9 Å². The van der Waals surface area contributed by atoms with Crippen LogP contribution >= 0.6 is 11.3 Å². The number of carbonyl (C=O) groups excluding carboxylic acids is 1. The molecule has 1 N–H and O–H groups in total. The highest BCUT2D eigenvalue weighted by Gasteiger charge is 2.33. The second kappa shape index (κ2) is 9.82. The maximum Gasteiger partial charge on any atom is 0.418 e. The number of alkyl halides is 3. The number of nitrogens with zero attached hydrogens (tertiary/aromatic N) is 4. The van der Waals surface area contributed by atoms with Crippen LogP contribution in [0, 0.1) is 0 Å². The summed E-state index contributed by atoms with van der Waals surface area (Å²) in [5.41, 5.74) is -0.127. The minimum atomic E-state index is -4.59. The molecule has 0 unspecified atom stereocenters. The maximum absolute atomic E-state index is 13.1. The van der Waals surface area contributed by atoms with Gasteiger partial charge in [0.05, 0.1) is 15.8 Å². The molecule has 0 saturated heterocycles. The van der Waals surface area contributed by atoms with Crippen molar-refractivity contribution < 1.29 is 22.7 Å². The van der Waals surface area contributed by atoms with Gasteiger partial charge in [0.2, 0.25) is 4.96 Å². The molecule has 186 valence electrons. The number of benzene rings is 2. The first-order valence-corrected chi connectivity index (χ1v) is 11.6. The molecule has 3 aromatic heterocycles. The van der Waals surface area contributed by atoms with Gasteiger partial charge in [0, 0.05) is 18.0 Å². The van der Waals surface area contributed by atoms with Crippen LogP contribution in [0.4, 0.5) is 18.9 Å². The van der Waals surface area contributed by atoms with Crippen molar-refractivity contribution in [3.8, 4) is 17.1 Å². The predicted octanol–water partition coefficient (Wildman–Crippen LogP) is 3.80. The molecular formula is C25H16F3N5O3S. The van der Waals surface area contributed by atoms with Crippen molar-refractivity contribution in [1.82, 2.24) is 19.6 Å². The van der Waals surface area contributed by atoms with Crippen LogP contribution in [0.15, 0.2) is 77.9 Å². The Kier molecular flexibility index (Phi) is 6.40. The van der Waals surface area contributed by atoms with E-state index < -0.39 is 24.3 Å². The van der Waals surface area contributed by atoms with Crippen LogP contribution in [0.1, 0.15) is 11.1 Å². The van der Waals surface area contributed by atoms with Gasteiger partial charge in [0.15, 0.2) is 12.4 Å². The number of aromatic nitrogens is 4. The number of para-hydroxylation sites is 1. The molecule has 0 saturated carbocycles. The SMILES string of the molecule is O=C(COc1ccc(/C=c2\sc3nc(-c4ccncc4)nn3c2=O)cc1)Nc1ccccc1C(F)(F)F. The van der Waals surface area contributed by atoms with E-state index in [4.69, 9.17) is 4.74 Å². The van der Waals surface area contributed by atoms with Gasteiger partial charge in [-0.2, -0.15) is 22.7 Å². The lowest BCUT2D eigenvalue weighted by molar-refractivity contribution is -0.137. The summed E-state index contributed by atoms with van der Waals surface area (Å²) in [6.07, 6.45) is 0.327. The standard InChI is InChI=1S/C25H16F3N5O3S/c26-25(27,28)18-3-1-2-4-19(18)30-21(34)14-36-17-7-5-15(6-8-17)13-20-23(35)33-24(37-20)31-22(32-33)16-9-11-29-12-10-16/h1-13H,14H2,(H,30,34)/b20-13-. The largest absolute Gasteiger partial charge is 0.484 e. The van der Waals surface area contributed by atoms with Gasteiger partial charge in [-0.3, -0.25) is 14.6 Å². The molecule has 8 nitrogen and oxygen atoms in total. The summed E-state index contributed by atoms with van der Waals surface area (Å²) >= 11 is 1.20. The zero-order valence-electron chi connectivity index (χ0n) is 18.8. The van der Waals surface area contributed by atoms with Gasteiger partial charge in [-0.25, -0.2) is 0 Å². The van der Waals surface area contributed by atoms with Crippen LogP contribution < -0.4 is 20.1 Å². The van der Waals surface area contributed by atoms with Crippen LogP contribution in [-0.2, 0) is 11.0 Å². The van der Waals surface area contributed by atoms with E-state index in [1.807, 2.05) is 0 Å². The Bertz CT molecular complexity index is 1680. The lowest BCUT2D eigenvalue weighted by Crippen LogP contribution is -2.23. The van der Waals surface area contributed by atoms with E-state index in [2.05, 4.69) is 20.4 Å². The van der Waals surface area contributed by atoms with E-state index in [0.717, 1.165) is 11.6 Å². The molecule has 5 aromatic rings. The van der Waals surface area contributed by atoms with Gasteiger partial charge in [-0.15, -0.1) is 5.10 Å². The van der Waals surface area contributed by atoms with Crippen molar-refractivity contribution >= 4 is 34.0 Å². The van der Waals surface area contributed by atoms with Crippen molar-refractivity contribution in [2.45, 2.75) is 6.18 Å². The molecule has 12 heteroatoms. The number of fused-ring (bicyclic) bond motifs is 1. The Morgan fingerprint density at radius 1 is 1.05 bits per heavy atom. The molecule has 0 spiro atoms. The number of thiazole rings is 1. The first kappa shape index (κ1) is 24.1. The molecule has 37 heavy (non-hydrogen) atoms. The average Bonchev–Trinajstić information content (AvgIpc) is 3.43. The summed E-state index contributed by atoms with van der Waals surface area (Å²) in [6, 6.07) is 14.8. The van der Waals surface area contributed by atoms with E-state index in [9.17, 15) is 22.8 Å². The Balaban J connectivity index is 1.25. The summed E-state index contributed by atoms with van der Waals surface area (Å²) in [4.78, 5) is 33.7. The van der Waals surface area contributed by atoms with E-state index in [-0.39, 0.29) is 11.2 Å². The molecule has 0 aliphatic carbocycles. The summed E-state index contributed by atoms with van der Waals surface area (Å²) in [5, 5.41) is 6.51. The lowest BCUT2D eigenvalue weighted by Gasteiger charge is -2.13. The Morgan fingerprint density at radius 2 is 1.78 bits per heavy atom. The van der Waals surface area contributed by atoms with Crippen LogP contribution in [0.3, 0.4) is 0 Å². The van der Waals surface area contributed by atoms with E-state index in [1.54, 1.807) is 54.9 Å². The third-order valence-electron chi connectivity index (χ3n) is 5.17. The van der Waals surface area contributed by atoms with Gasteiger partial charge < -0.3 is 10.1 Å². The van der Waals surface area contributed by atoms with Crippen LogP contribution in [-0.4, -0.2) is 32.1 Å². The summed E-state index contributed by atoms with van der Waals surface area (Å²) in [6.45, 7) is -0.479. The second-order valence-corrected chi connectivity index (χ2v) is 8.74. The Labute approximate surface area is 210 Å².